The second-order valence-corrected chi connectivity index (χ2v) is 8.51. The van der Waals surface area contributed by atoms with E-state index in [0.29, 0.717) is 5.41 Å². The second kappa shape index (κ2) is 5.34. The fraction of sp³-hybridized carbons (Fsp3) is 0.700. The van der Waals surface area contributed by atoms with E-state index in [1.54, 1.807) is 5.56 Å². The Morgan fingerprint density at radius 3 is 2.29 bits per heavy atom. The highest BCUT2D eigenvalue weighted by atomic mass is 14.9. The second-order valence-electron chi connectivity index (χ2n) is 8.51. The van der Waals surface area contributed by atoms with Crippen LogP contribution in [0.4, 0.5) is 5.69 Å². The summed E-state index contributed by atoms with van der Waals surface area (Å²) in [6.07, 6.45) is 5.68. The molecule has 1 saturated carbocycles. The normalized spacial score (nSPS) is 29.1. The van der Waals surface area contributed by atoms with Gasteiger partial charge in [0.1, 0.15) is 0 Å². The van der Waals surface area contributed by atoms with Gasteiger partial charge >= 0.3 is 0 Å². The molecule has 1 N–H and O–H groups in total. The first-order chi connectivity index (χ1) is 9.86. The van der Waals surface area contributed by atoms with Gasteiger partial charge in [-0.05, 0) is 67.9 Å². The first-order valence-electron chi connectivity index (χ1n) is 8.71. The Labute approximate surface area is 130 Å². The van der Waals surface area contributed by atoms with Crippen LogP contribution in [0, 0.1) is 31.1 Å². The lowest BCUT2D eigenvalue weighted by atomic mass is 9.67. The van der Waals surface area contributed by atoms with E-state index >= 15 is 0 Å². The summed E-state index contributed by atoms with van der Waals surface area (Å²) in [4.78, 5) is 0. The smallest absolute Gasteiger partial charge is 0.0406 e. The number of hydrogen-bond acceptors (Lipinski definition) is 1. The van der Waals surface area contributed by atoms with Gasteiger partial charge in [0.05, 0.1) is 0 Å². The SMILES string of the molecule is Cc1cc(C)c2c(c1)C(C1CCC(C(C)(C)C)CC1)CN2. The molecule has 2 aliphatic rings. The van der Waals surface area contributed by atoms with Crippen molar-refractivity contribution in [1.29, 1.82) is 0 Å². The lowest BCUT2D eigenvalue weighted by Crippen LogP contribution is -2.28. The number of aryl methyl sites for hydroxylation is 2. The van der Waals surface area contributed by atoms with Crippen molar-refractivity contribution in [1.82, 2.24) is 0 Å². The molecule has 3 rings (SSSR count). The molecule has 21 heavy (non-hydrogen) atoms. The average molecular weight is 285 g/mol. The lowest BCUT2D eigenvalue weighted by molar-refractivity contribution is 0.141. The summed E-state index contributed by atoms with van der Waals surface area (Å²) < 4.78 is 0. The summed E-state index contributed by atoms with van der Waals surface area (Å²) in [5, 5.41) is 3.68. The third kappa shape index (κ3) is 2.84. The molecule has 1 atom stereocenters. The van der Waals surface area contributed by atoms with Gasteiger partial charge in [-0.15, -0.1) is 0 Å². The van der Waals surface area contributed by atoms with Crippen molar-refractivity contribution >= 4 is 5.69 Å². The molecule has 1 heteroatoms. The van der Waals surface area contributed by atoms with Crippen LogP contribution in [0.25, 0.3) is 0 Å². The van der Waals surface area contributed by atoms with Crippen molar-refractivity contribution in [3.8, 4) is 0 Å². The van der Waals surface area contributed by atoms with E-state index < -0.39 is 0 Å². The number of fused-ring (bicyclic) bond motifs is 1. The van der Waals surface area contributed by atoms with Gasteiger partial charge in [-0.2, -0.15) is 0 Å². The minimum absolute atomic E-state index is 0.490. The third-order valence-electron chi connectivity index (χ3n) is 5.97. The van der Waals surface area contributed by atoms with Crippen LogP contribution in [-0.4, -0.2) is 6.54 Å². The summed E-state index contributed by atoms with van der Waals surface area (Å²) >= 11 is 0. The first kappa shape index (κ1) is 14.9. The Balaban J connectivity index is 1.75. The van der Waals surface area contributed by atoms with Crippen molar-refractivity contribution in [3.05, 3.63) is 28.8 Å². The maximum absolute atomic E-state index is 3.68. The number of hydrogen-bond donors (Lipinski definition) is 1. The predicted molar refractivity (Wildman–Crippen MR) is 92.0 cm³/mol. The quantitative estimate of drug-likeness (QED) is 0.701. The Morgan fingerprint density at radius 1 is 1.00 bits per heavy atom. The van der Waals surface area contributed by atoms with Crippen LogP contribution in [0.1, 0.15) is 69.1 Å². The van der Waals surface area contributed by atoms with Gasteiger partial charge in [-0.25, -0.2) is 0 Å². The monoisotopic (exact) mass is 285 g/mol. The summed E-state index contributed by atoms with van der Waals surface area (Å²) in [7, 11) is 0. The van der Waals surface area contributed by atoms with E-state index in [9.17, 15) is 0 Å². The van der Waals surface area contributed by atoms with Gasteiger partial charge in [0.25, 0.3) is 0 Å². The molecule has 1 aromatic carbocycles. The van der Waals surface area contributed by atoms with Gasteiger partial charge in [-0.1, -0.05) is 38.5 Å². The number of benzene rings is 1. The molecular weight excluding hydrogens is 254 g/mol. The Bertz CT molecular complexity index is 515. The van der Waals surface area contributed by atoms with Gasteiger partial charge in [0.2, 0.25) is 0 Å². The summed E-state index contributed by atoms with van der Waals surface area (Å²) in [5.74, 6) is 2.56. The zero-order chi connectivity index (χ0) is 15.2. The topological polar surface area (TPSA) is 12.0 Å². The van der Waals surface area contributed by atoms with E-state index in [1.165, 1.54) is 42.5 Å². The molecule has 0 amide bonds. The van der Waals surface area contributed by atoms with Crippen molar-refractivity contribution < 1.29 is 0 Å². The lowest BCUT2D eigenvalue weighted by Gasteiger charge is -2.38. The van der Waals surface area contributed by atoms with Crippen molar-refractivity contribution in [2.75, 3.05) is 11.9 Å². The van der Waals surface area contributed by atoms with E-state index in [0.717, 1.165) is 24.3 Å². The highest BCUT2D eigenvalue weighted by molar-refractivity contribution is 5.64. The molecule has 1 heterocycles. The van der Waals surface area contributed by atoms with Gasteiger partial charge < -0.3 is 5.32 Å². The third-order valence-corrected chi connectivity index (χ3v) is 5.97. The molecule has 0 radical (unpaired) electrons. The number of anilines is 1. The van der Waals surface area contributed by atoms with Crippen LogP contribution in [0.5, 0.6) is 0 Å². The largest absolute Gasteiger partial charge is 0.384 e. The molecule has 0 bridgehead atoms. The standard InChI is InChI=1S/C20H31N/c1-13-10-14(2)19-17(11-13)18(12-21-19)15-6-8-16(9-7-15)20(3,4)5/h10-11,15-16,18,21H,6-9,12H2,1-5H3. The number of nitrogens with one attached hydrogen (secondary N) is 1. The van der Waals surface area contributed by atoms with Crippen LogP contribution in [0.2, 0.25) is 0 Å². The molecule has 1 aliphatic heterocycles. The predicted octanol–water partition coefficient (Wildman–Crippen LogP) is 5.67. The van der Waals surface area contributed by atoms with Crippen LogP contribution >= 0.6 is 0 Å². The molecule has 1 nitrogen and oxygen atoms in total. The van der Waals surface area contributed by atoms with Crippen LogP contribution in [0.3, 0.4) is 0 Å². The first-order valence-corrected chi connectivity index (χ1v) is 8.71. The Hall–Kier alpha value is -0.980. The summed E-state index contributed by atoms with van der Waals surface area (Å²) in [6.45, 7) is 12.9. The molecule has 0 aromatic heterocycles. The van der Waals surface area contributed by atoms with Gasteiger partial charge in [-0.3, -0.25) is 0 Å². The molecule has 1 fully saturated rings. The Kier molecular flexibility index (Phi) is 3.80. The Morgan fingerprint density at radius 2 is 1.67 bits per heavy atom. The molecule has 1 unspecified atom stereocenters. The van der Waals surface area contributed by atoms with Crippen molar-refractivity contribution in [3.63, 3.8) is 0 Å². The molecule has 0 spiro atoms. The van der Waals surface area contributed by atoms with Gasteiger partial charge in [0.15, 0.2) is 0 Å². The van der Waals surface area contributed by atoms with E-state index in [-0.39, 0.29) is 0 Å². The highest BCUT2D eigenvalue weighted by Crippen LogP contribution is 2.47. The number of rotatable bonds is 1. The van der Waals surface area contributed by atoms with Crippen LogP contribution in [-0.2, 0) is 0 Å². The zero-order valence-corrected chi connectivity index (χ0v) is 14.4. The zero-order valence-electron chi connectivity index (χ0n) is 14.4. The molecule has 0 saturated heterocycles. The molecule has 1 aromatic rings. The highest BCUT2D eigenvalue weighted by Gasteiger charge is 2.36. The molecule has 116 valence electrons. The van der Waals surface area contributed by atoms with Crippen LogP contribution < -0.4 is 5.32 Å². The molecule has 1 aliphatic carbocycles. The van der Waals surface area contributed by atoms with Crippen LogP contribution in [0.15, 0.2) is 12.1 Å². The minimum Gasteiger partial charge on any atom is -0.384 e. The van der Waals surface area contributed by atoms with Crippen molar-refractivity contribution in [2.45, 2.75) is 66.2 Å². The maximum atomic E-state index is 3.68. The van der Waals surface area contributed by atoms with E-state index in [4.69, 9.17) is 0 Å². The average Bonchev–Trinajstić information content (AvgIpc) is 2.82. The molecular formula is C20H31N. The fourth-order valence-electron chi connectivity index (χ4n) is 4.66. The van der Waals surface area contributed by atoms with E-state index in [2.05, 4.69) is 52.1 Å². The fourth-order valence-corrected chi connectivity index (χ4v) is 4.66. The summed E-state index contributed by atoms with van der Waals surface area (Å²) in [5.41, 5.74) is 6.37. The summed E-state index contributed by atoms with van der Waals surface area (Å²) in [6, 6.07) is 4.74. The maximum Gasteiger partial charge on any atom is 0.0406 e. The van der Waals surface area contributed by atoms with Gasteiger partial charge in [0, 0.05) is 18.2 Å². The van der Waals surface area contributed by atoms with Crippen molar-refractivity contribution in [2.24, 2.45) is 17.3 Å². The van der Waals surface area contributed by atoms with E-state index in [1.807, 2.05) is 0 Å². The minimum atomic E-state index is 0.490.